The first kappa shape index (κ1) is 25.0. The number of aromatic nitrogens is 4. The summed E-state index contributed by atoms with van der Waals surface area (Å²) in [6.07, 6.45) is -7.73. The van der Waals surface area contributed by atoms with Crippen LogP contribution in [0.1, 0.15) is 48.1 Å². The van der Waals surface area contributed by atoms with Crippen molar-refractivity contribution in [1.29, 1.82) is 0 Å². The average Bonchev–Trinajstić information content (AvgIpc) is 2.52. The van der Waals surface area contributed by atoms with Crippen molar-refractivity contribution < 1.29 is 36.2 Å². The normalized spacial score (nSPS) is 12.3. The number of alkyl halides is 6. The Morgan fingerprint density at radius 2 is 1.31 bits per heavy atom. The number of ketones is 1. The van der Waals surface area contributed by atoms with Crippen molar-refractivity contribution in [2.45, 2.75) is 38.7 Å². The molecule has 0 fully saturated rings. The zero-order valence-corrected chi connectivity index (χ0v) is 16.3. The minimum Gasteiger partial charge on any atom is -0.386 e. The van der Waals surface area contributed by atoms with E-state index >= 15 is 0 Å². The highest BCUT2D eigenvalue weighted by Gasteiger charge is 2.40. The van der Waals surface area contributed by atoms with Crippen LogP contribution in [-0.2, 0) is 18.0 Å². The smallest absolute Gasteiger partial charge is 0.386 e. The van der Waals surface area contributed by atoms with Gasteiger partial charge in [0, 0.05) is 18.0 Å². The van der Waals surface area contributed by atoms with E-state index in [4.69, 9.17) is 23.2 Å². The topological polar surface area (TPSA) is 88.9 Å². The van der Waals surface area contributed by atoms with Gasteiger partial charge in [0.2, 0.25) is 10.6 Å². The summed E-state index contributed by atoms with van der Waals surface area (Å²) in [5.41, 5.74) is -5.17. The summed E-state index contributed by atoms with van der Waals surface area (Å²) >= 11 is 10.5. The second kappa shape index (κ2) is 8.76. The van der Waals surface area contributed by atoms with Crippen LogP contribution in [0.3, 0.4) is 0 Å². The van der Waals surface area contributed by atoms with E-state index in [2.05, 4.69) is 19.9 Å². The molecule has 6 nitrogen and oxygen atoms in total. The first-order valence-electron chi connectivity index (χ1n) is 7.37. The number of hydrogen-bond donors (Lipinski definition) is 1. The van der Waals surface area contributed by atoms with E-state index < -0.39 is 56.8 Å². The maximum Gasteiger partial charge on any atom is 0.434 e. The molecule has 29 heavy (non-hydrogen) atoms. The van der Waals surface area contributed by atoms with Crippen LogP contribution in [0.5, 0.6) is 0 Å². The van der Waals surface area contributed by atoms with E-state index in [-0.39, 0.29) is 0 Å². The first-order valence-corrected chi connectivity index (χ1v) is 8.13. The Morgan fingerprint density at radius 3 is 1.69 bits per heavy atom. The van der Waals surface area contributed by atoms with Gasteiger partial charge < -0.3 is 5.11 Å². The number of rotatable bonds is 2. The number of carbonyl (C=O) groups excluding carboxylic acids is 1. The van der Waals surface area contributed by atoms with E-state index in [9.17, 15) is 36.2 Å². The lowest BCUT2D eigenvalue weighted by molar-refractivity contribution is -0.144. The van der Waals surface area contributed by atoms with Crippen LogP contribution in [0.4, 0.5) is 26.3 Å². The molecule has 0 unspecified atom stereocenters. The lowest BCUT2D eigenvalue weighted by atomic mass is 9.98. The van der Waals surface area contributed by atoms with Crippen LogP contribution in [0, 0.1) is 0 Å². The molecule has 160 valence electrons. The number of Topliss-reactive ketones (excluding diaryl/α,β-unsaturated/α-hetero) is 1. The Labute approximate surface area is 169 Å². The minimum atomic E-state index is -4.70. The molecular weight excluding hydrogens is 453 g/mol. The summed E-state index contributed by atoms with van der Waals surface area (Å²) in [6.45, 7) is 3.44. The third-order valence-corrected chi connectivity index (χ3v) is 3.46. The Balaban J connectivity index is 0.000000291. The molecule has 0 amide bonds. The van der Waals surface area contributed by atoms with Gasteiger partial charge in [0.25, 0.3) is 0 Å². The summed E-state index contributed by atoms with van der Waals surface area (Å²) < 4.78 is 74.4. The molecule has 14 heteroatoms. The molecule has 2 rings (SSSR count). The van der Waals surface area contributed by atoms with Crippen molar-refractivity contribution in [3.8, 4) is 0 Å². The molecule has 0 aliphatic rings. The van der Waals surface area contributed by atoms with E-state index in [1.807, 2.05) is 0 Å². The van der Waals surface area contributed by atoms with E-state index in [0.29, 0.717) is 0 Å². The lowest BCUT2D eigenvalue weighted by Gasteiger charge is -2.21. The molecule has 0 aromatic carbocycles. The molecule has 1 N–H and O–H groups in total. The second-order valence-corrected chi connectivity index (χ2v) is 6.59. The van der Waals surface area contributed by atoms with Crippen molar-refractivity contribution >= 4 is 29.0 Å². The number of carbonyl (C=O) groups is 1. The Hall–Kier alpha value is -2.05. The molecule has 0 spiro atoms. The summed E-state index contributed by atoms with van der Waals surface area (Å²) in [7, 11) is 0. The maximum absolute atomic E-state index is 12.5. The summed E-state index contributed by atoms with van der Waals surface area (Å²) in [6, 6.07) is 0. The van der Waals surface area contributed by atoms with Gasteiger partial charge in [-0.3, -0.25) is 4.79 Å². The van der Waals surface area contributed by atoms with Crippen molar-refractivity contribution in [3.63, 3.8) is 0 Å². The standard InChI is InChI=1S/C8H8ClF3N2O.C7H4ClF3N2O/c1-7(2,15)4-3-13-6(9)14-5(4)8(10,11)12;1-3(14)4-2-12-6(8)13-5(4)7(9,10)11/h3,15H,1-2H3;2H,1H3. The van der Waals surface area contributed by atoms with E-state index in [1.165, 1.54) is 13.8 Å². The fraction of sp³-hybridized carbons (Fsp3) is 0.400. The molecule has 0 radical (unpaired) electrons. The van der Waals surface area contributed by atoms with E-state index in [0.717, 1.165) is 19.3 Å². The zero-order chi connectivity index (χ0) is 22.8. The molecule has 2 heterocycles. The Bertz CT molecular complexity index is 898. The van der Waals surface area contributed by atoms with Gasteiger partial charge in [-0.1, -0.05) is 0 Å². The highest BCUT2D eigenvalue weighted by atomic mass is 35.5. The first-order chi connectivity index (χ1) is 12.9. The van der Waals surface area contributed by atoms with Gasteiger partial charge in [-0.25, -0.2) is 19.9 Å². The maximum atomic E-state index is 12.5. The zero-order valence-electron chi connectivity index (χ0n) is 14.8. The molecule has 0 atom stereocenters. The van der Waals surface area contributed by atoms with Gasteiger partial charge in [-0.15, -0.1) is 0 Å². The molecule has 0 saturated heterocycles. The van der Waals surface area contributed by atoms with Gasteiger partial charge >= 0.3 is 12.4 Å². The third kappa shape index (κ3) is 7.05. The molecule has 0 saturated carbocycles. The highest BCUT2D eigenvalue weighted by Crippen LogP contribution is 2.35. The monoisotopic (exact) mass is 464 g/mol. The van der Waals surface area contributed by atoms with Crippen LogP contribution < -0.4 is 0 Å². The summed E-state index contributed by atoms with van der Waals surface area (Å²) in [5.74, 6) is -0.756. The summed E-state index contributed by atoms with van der Waals surface area (Å²) in [4.78, 5) is 23.6. The van der Waals surface area contributed by atoms with Gasteiger partial charge in [-0.2, -0.15) is 26.3 Å². The van der Waals surface area contributed by atoms with Crippen molar-refractivity contribution in [2.75, 3.05) is 0 Å². The number of nitrogens with zero attached hydrogens (tertiary/aromatic N) is 4. The van der Waals surface area contributed by atoms with Gasteiger partial charge in [-0.05, 0) is 44.0 Å². The molecule has 2 aromatic rings. The van der Waals surface area contributed by atoms with Crippen LogP contribution in [-0.4, -0.2) is 30.8 Å². The van der Waals surface area contributed by atoms with Crippen molar-refractivity contribution in [3.05, 3.63) is 45.5 Å². The summed E-state index contributed by atoms with van der Waals surface area (Å²) in [5, 5.41) is 8.46. The number of halogens is 8. The third-order valence-electron chi connectivity index (χ3n) is 3.09. The number of hydrogen-bond acceptors (Lipinski definition) is 6. The largest absolute Gasteiger partial charge is 0.434 e. The fourth-order valence-corrected chi connectivity index (χ4v) is 2.12. The van der Waals surface area contributed by atoms with Gasteiger partial charge in [0.15, 0.2) is 17.2 Å². The van der Waals surface area contributed by atoms with Crippen LogP contribution in [0.2, 0.25) is 10.6 Å². The predicted octanol–water partition coefficient (Wildman–Crippen LogP) is 4.73. The van der Waals surface area contributed by atoms with Gasteiger partial charge in [0.05, 0.1) is 11.2 Å². The molecule has 0 aliphatic heterocycles. The Morgan fingerprint density at radius 1 is 0.897 bits per heavy atom. The van der Waals surface area contributed by atoms with Crippen molar-refractivity contribution in [2.24, 2.45) is 0 Å². The second-order valence-electron chi connectivity index (χ2n) is 5.91. The number of aliphatic hydroxyl groups is 1. The molecular formula is C15H12Cl2F6N4O2. The molecule has 2 aromatic heterocycles. The van der Waals surface area contributed by atoms with Crippen LogP contribution in [0.15, 0.2) is 12.4 Å². The van der Waals surface area contributed by atoms with Crippen LogP contribution >= 0.6 is 23.2 Å². The SMILES string of the molecule is CC(=O)c1cnc(Cl)nc1C(F)(F)F.CC(C)(O)c1cnc(Cl)nc1C(F)(F)F. The minimum absolute atomic E-state index is 0.403. The molecule has 0 bridgehead atoms. The van der Waals surface area contributed by atoms with Crippen LogP contribution in [0.25, 0.3) is 0 Å². The Kier molecular flexibility index (Phi) is 7.55. The van der Waals surface area contributed by atoms with Crippen molar-refractivity contribution in [1.82, 2.24) is 19.9 Å². The predicted molar refractivity (Wildman–Crippen MR) is 89.3 cm³/mol. The average molecular weight is 465 g/mol. The van der Waals surface area contributed by atoms with E-state index in [1.54, 1.807) is 0 Å². The molecule has 0 aliphatic carbocycles. The quantitative estimate of drug-likeness (QED) is 0.392. The highest BCUT2D eigenvalue weighted by molar-refractivity contribution is 6.28. The van der Waals surface area contributed by atoms with Gasteiger partial charge in [0.1, 0.15) is 0 Å². The fourth-order valence-electron chi connectivity index (χ4n) is 1.86. The lowest BCUT2D eigenvalue weighted by Crippen LogP contribution is -2.24.